The van der Waals surface area contributed by atoms with Crippen molar-refractivity contribution in [1.29, 1.82) is 0 Å². The lowest BCUT2D eigenvalue weighted by Crippen LogP contribution is -2.41. The first-order valence-corrected chi connectivity index (χ1v) is 11.4. The molecule has 1 aromatic heterocycles. The number of aromatic nitrogens is 1. The zero-order chi connectivity index (χ0) is 24.2. The molecule has 3 aromatic carbocycles. The molecule has 2 atom stereocenters. The minimum Gasteiger partial charge on any atom is -0.494 e. The van der Waals surface area contributed by atoms with Gasteiger partial charge in [-0.15, -0.1) is 0 Å². The summed E-state index contributed by atoms with van der Waals surface area (Å²) in [4.78, 5) is 25.8. The zero-order valence-corrected chi connectivity index (χ0v) is 18.9. The highest BCUT2D eigenvalue weighted by atomic mass is 16.3. The van der Waals surface area contributed by atoms with Gasteiger partial charge in [0, 0.05) is 16.8 Å². The van der Waals surface area contributed by atoms with Gasteiger partial charge in [-0.1, -0.05) is 78.9 Å². The molecule has 0 saturated carbocycles. The van der Waals surface area contributed by atoms with E-state index in [1.807, 2.05) is 60.7 Å². The first-order chi connectivity index (χ1) is 17.1. The van der Waals surface area contributed by atoms with Crippen molar-refractivity contribution in [3.8, 4) is 5.88 Å². The van der Waals surface area contributed by atoms with Gasteiger partial charge in [0.25, 0.3) is 11.5 Å². The van der Waals surface area contributed by atoms with E-state index in [0.29, 0.717) is 22.8 Å². The Balaban J connectivity index is 1.37. The second-order valence-electron chi connectivity index (χ2n) is 8.43. The molecule has 35 heavy (non-hydrogen) atoms. The second kappa shape index (κ2) is 9.92. The summed E-state index contributed by atoms with van der Waals surface area (Å²) in [5.41, 5.74) is 10.7. The van der Waals surface area contributed by atoms with E-state index in [2.05, 4.69) is 21.4 Å². The lowest BCUT2D eigenvalue weighted by atomic mass is 10.0. The van der Waals surface area contributed by atoms with E-state index in [4.69, 9.17) is 0 Å². The van der Waals surface area contributed by atoms with Crippen molar-refractivity contribution in [3.63, 3.8) is 0 Å². The third-order valence-electron chi connectivity index (χ3n) is 6.16. The summed E-state index contributed by atoms with van der Waals surface area (Å²) >= 11 is 0. The van der Waals surface area contributed by atoms with Crippen molar-refractivity contribution in [2.75, 3.05) is 0 Å². The number of hydrogen-bond acceptors (Lipinski definition) is 6. The fraction of sp³-hybridized carbons (Fsp3) is 0.148. The molecule has 0 radical (unpaired) electrons. The Morgan fingerprint density at radius 1 is 0.971 bits per heavy atom. The molecule has 0 spiro atoms. The molecule has 1 amide bonds. The molecule has 1 saturated heterocycles. The Labute approximate surface area is 201 Å². The maximum Gasteiger partial charge on any atom is 0.261 e. The van der Waals surface area contributed by atoms with Crippen LogP contribution in [-0.4, -0.2) is 27.8 Å². The number of hydrogen-bond donors (Lipinski definition) is 4. The molecule has 8 nitrogen and oxygen atoms in total. The molecule has 1 fully saturated rings. The number of fused-ring (bicyclic) bond motifs is 1. The summed E-state index contributed by atoms with van der Waals surface area (Å²) in [5, 5.41) is 16.1. The number of amides is 1. The molecular formula is C27H25N5O3. The van der Waals surface area contributed by atoms with E-state index in [-0.39, 0.29) is 29.9 Å². The molecule has 8 heteroatoms. The molecule has 4 aromatic rings. The quantitative estimate of drug-likeness (QED) is 0.258. The maximum atomic E-state index is 13.1. The van der Waals surface area contributed by atoms with Gasteiger partial charge in [-0.3, -0.25) is 14.2 Å². The minimum atomic E-state index is -0.463. The van der Waals surface area contributed by atoms with Crippen LogP contribution in [0.15, 0.2) is 94.8 Å². The van der Waals surface area contributed by atoms with Crippen LogP contribution in [0.25, 0.3) is 10.8 Å². The van der Waals surface area contributed by atoms with E-state index in [0.717, 1.165) is 11.1 Å². The highest BCUT2D eigenvalue weighted by Gasteiger charge is 2.29. The predicted octanol–water partition coefficient (Wildman–Crippen LogP) is 2.81. The SMILES string of the molecule is O=C(N/N=C\c1c(O)n(Cc2ccccc2)c(=O)c2ccccc12)C1CC(c2ccccc2)NN1. The van der Waals surface area contributed by atoms with Crippen molar-refractivity contribution in [3.05, 3.63) is 112 Å². The van der Waals surface area contributed by atoms with Crippen molar-refractivity contribution < 1.29 is 9.90 Å². The summed E-state index contributed by atoms with van der Waals surface area (Å²) < 4.78 is 1.31. The van der Waals surface area contributed by atoms with Gasteiger partial charge < -0.3 is 5.11 Å². The lowest BCUT2D eigenvalue weighted by Gasteiger charge is -2.14. The van der Waals surface area contributed by atoms with Crippen LogP contribution in [0.1, 0.15) is 29.2 Å². The van der Waals surface area contributed by atoms with Crippen LogP contribution in [0.5, 0.6) is 5.88 Å². The number of hydrazine groups is 1. The summed E-state index contributed by atoms with van der Waals surface area (Å²) in [6, 6.07) is 25.9. The highest BCUT2D eigenvalue weighted by Crippen LogP contribution is 2.24. The summed E-state index contributed by atoms with van der Waals surface area (Å²) in [6.45, 7) is 0.210. The summed E-state index contributed by atoms with van der Waals surface area (Å²) in [5.74, 6) is -0.506. The fourth-order valence-electron chi connectivity index (χ4n) is 4.32. The number of pyridine rings is 1. The number of aromatic hydroxyl groups is 1. The van der Waals surface area contributed by atoms with Crippen LogP contribution >= 0.6 is 0 Å². The molecule has 176 valence electrons. The standard InChI is InChI=1S/C27H25N5O3/c33-25(24-15-23(29-30-24)19-11-5-2-6-12-19)31-28-16-22-20-13-7-8-14-21(20)26(34)32(27(22)35)17-18-9-3-1-4-10-18/h1-14,16,23-24,29-30,35H,15,17H2,(H,31,33)/b28-16-. The van der Waals surface area contributed by atoms with Gasteiger partial charge in [0.15, 0.2) is 0 Å². The third kappa shape index (κ3) is 4.70. The second-order valence-corrected chi connectivity index (χ2v) is 8.43. The largest absolute Gasteiger partial charge is 0.494 e. The fourth-order valence-corrected chi connectivity index (χ4v) is 4.32. The molecule has 2 unspecified atom stereocenters. The highest BCUT2D eigenvalue weighted by molar-refractivity contribution is 6.01. The van der Waals surface area contributed by atoms with Crippen molar-refractivity contribution >= 4 is 22.9 Å². The Morgan fingerprint density at radius 2 is 1.63 bits per heavy atom. The first kappa shape index (κ1) is 22.5. The molecule has 0 bridgehead atoms. The molecule has 5 rings (SSSR count). The lowest BCUT2D eigenvalue weighted by molar-refractivity contribution is -0.122. The summed E-state index contributed by atoms with van der Waals surface area (Å²) in [7, 11) is 0. The van der Waals surface area contributed by atoms with E-state index in [9.17, 15) is 14.7 Å². The number of carbonyl (C=O) groups excluding carboxylic acids is 1. The third-order valence-corrected chi connectivity index (χ3v) is 6.16. The van der Waals surface area contributed by atoms with Crippen molar-refractivity contribution in [1.82, 2.24) is 20.8 Å². The van der Waals surface area contributed by atoms with Gasteiger partial charge in [-0.25, -0.2) is 16.3 Å². The van der Waals surface area contributed by atoms with E-state index in [1.165, 1.54) is 10.8 Å². The zero-order valence-electron chi connectivity index (χ0n) is 18.9. The van der Waals surface area contributed by atoms with Crippen LogP contribution in [0.2, 0.25) is 0 Å². The van der Waals surface area contributed by atoms with Crippen LogP contribution in [0, 0.1) is 0 Å². The van der Waals surface area contributed by atoms with Gasteiger partial charge in [0.05, 0.1) is 18.3 Å². The van der Waals surface area contributed by atoms with Gasteiger partial charge >= 0.3 is 0 Å². The van der Waals surface area contributed by atoms with Crippen LogP contribution in [0.3, 0.4) is 0 Å². The first-order valence-electron chi connectivity index (χ1n) is 11.4. The molecule has 1 aliphatic rings. The van der Waals surface area contributed by atoms with Gasteiger partial charge in [0.1, 0.15) is 6.04 Å². The number of carbonyl (C=O) groups is 1. The molecule has 0 aliphatic carbocycles. The smallest absolute Gasteiger partial charge is 0.261 e. The van der Waals surface area contributed by atoms with E-state index in [1.54, 1.807) is 24.3 Å². The Kier molecular flexibility index (Phi) is 6.38. The molecule has 2 heterocycles. The number of hydrazone groups is 1. The number of nitrogens with zero attached hydrogens (tertiary/aromatic N) is 2. The molecule has 4 N–H and O–H groups in total. The van der Waals surface area contributed by atoms with Crippen LogP contribution in [-0.2, 0) is 11.3 Å². The minimum absolute atomic E-state index is 0.0189. The predicted molar refractivity (Wildman–Crippen MR) is 135 cm³/mol. The Hall–Kier alpha value is -4.27. The normalized spacial score (nSPS) is 17.7. The van der Waals surface area contributed by atoms with Gasteiger partial charge in [-0.2, -0.15) is 5.10 Å². The number of benzene rings is 3. The Bertz CT molecular complexity index is 1430. The monoisotopic (exact) mass is 467 g/mol. The van der Waals surface area contributed by atoms with E-state index < -0.39 is 6.04 Å². The van der Waals surface area contributed by atoms with E-state index >= 15 is 0 Å². The van der Waals surface area contributed by atoms with Gasteiger partial charge in [-0.05, 0) is 23.6 Å². The van der Waals surface area contributed by atoms with Crippen LogP contribution < -0.4 is 21.8 Å². The molecule has 1 aliphatic heterocycles. The number of nitrogens with one attached hydrogen (secondary N) is 3. The van der Waals surface area contributed by atoms with Crippen molar-refractivity contribution in [2.24, 2.45) is 5.10 Å². The molecular weight excluding hydrogens is 442 g/mol. The summed E-state index contributed by atoms with van der Waals surface area (Å²) in [6.07, 6.45) is 1.95. The number of rotatable bonds is 6. The Morgan fingerprint density at radius 3 is 2.37 bits per heavy atom. The van der Waals surface area contributed by atoms with Gasteiger partial charge in [0.2, 0.25) is 5.88 Å². The average Bonchev–Trinajstić information content (AvgIpc) is 3.40. The average molecular weight is 468 g/mol. The maximum absolute atomic E-state index is 13.1. The van der Waals surface area contributed by atoms with Crippen LogP contribution in [0.4, 0.5) is 0 Å². The topological polar surface area (TPSA) is 108 Å². The van der Waals surface area contributed by atoms with Crippen molar-refractivity contribution in [2.45, 2.75) is 25.0 Å².